The van der Waals surface area contributed by atoms with Crippen molar-refractivity contribution in [1.82, 2.24) is 9.88 Å². The van der Waals surface area contributed by atoms with Crippen LogP contribution in [0.5, 0.6) is 11.5 Å². The first-order valence-electron chi connectivity index (χ1n) is 10.5. The van der Waals surface area contributed by atoms with Crippen LogP contribution in [-0.2, 0) is 13.0 Å². The van der Waals surface area contributed by atoms with E-state index in [1.807, 2.05) is 59.5 Å². The maximum Gasteiger partial charge on any atom is 0.270 e. The van der Waals surface area contributed by atoms with Crippen LogP contribution in [0, 0.1) is 0 Å². The molecule has 1 N–H and O–H groups in total. The first-order chi connectivity index (χ1) is 15.6. The minimum absolute atomic E-state index is 0.00493. The lowest BCUT2D eigenvalue weighted by Crippen LogP contribution is -2.36. The monoisotopic (exact) mass is 446 g/mol. The maximum atomic E-state index is 13.3. The number of aromatic nitrogens is 1. The van der Waals surface area contributed by atoms with E-state index in [1.165, 1.54) is 5.56 Å². The Balaban J connectivity index is 1.41. The lowest BCUT2D eigenvalue weighted by molar-refractivity contribution is 0.0729. The molecule has 1 amide bonds. The fourth-order valence-electron chi connectivity index (χ4n) is 4.30. The molecule has 3 aromatic carbocycles. The number of aromatic amines is 1. The van der Waals surface area contributed by atoms with Crippen LogP contribution >= 0.6 is 11.6 Å². The third-order valence-electron chi connectivity index (χ3n) is 6.03. The van der Waals surface area contributed by atoms with Crippen molar-refractivity contribution in [3.05, 3.63) is 82.5 Å². The summed E-state index contributed by atoms with van der Waals surface area (Å²) < 4.78 is 10.8. The van der Waals surface area contributed by atoms with Crippen LogP contribution in [0.1, 0.15) is 21.6 Å². The number of amides is 1. The summed E-state index contributed by atoms with van der Waals surface area (Å²) in [6, 6.07) is 19.8. The Labute approximate surface area is 191 Å². The van der Waals surface area contributed by atoms with E-state index < -0.39 is 0 Å². The summed E-state index contributed by atoms with van der Waals surface area (Å²) in [4.78, 5) is 18.4. The smallest absolute Gasteiger partial charge is 0.270 e. The molecule has 0 radical (unpaired) electrons. The highest BCUT2D eigenvalue weighted by molar-refractivity contribution is 6.30. The molecular weight excluding hydrogens is 424 g/mol. The molecule has 2 heterocycles. The number of hydrogen-bond donors (Lipinski definition) is 1. The summed E-state index contributed by atoms with van der Waals surface area (Å²) in [6.07, 6.45) is 0.780. The van der Waals surface area contributed by atoms with Crippen LogP contribution in [0.15, 0.2) is 60.7 Å². The van der Waals surface area contributed by atoms with E-state index in [1.54, 1.807) is 14.2 Å². The predicted molar refractivity (Wildman–Crippen MR) is 127 cm³/mol. The second-order valence-corrected chi connectivity index (χ2v) is 8.38. The summed E-state index contributed by atoms with van der Waals surface area (Å²) in [5.41, 5.74) is 5.98. The molecule has 162 valence electrons. The highest BCUT2D eigenvalue weighted by atomic mass is 35.5. The Morgan fingerprint density at radius 1 is 0.906 bits per heavy atom. The molecule has 0 unspecified atom stereocenters. The number of rotatable bonds is 4. The predicted octanol–water partition coefficient (Wildman–Crippen LogP) is 5.70. The zero-order chi connectivity index (χ0) is 22.2. The highest BCUT2D eigenvalue weighted by Crippen LogP contribution is 2.34. The van der Waals surface area contributed by atoms with E-state index in [9.17, 15) is 4.79 Å². The molecule has 0 aliphatic carbocycles. The van der Waals surface area contributed by atoms with Gasteiger partial charge in [-0.05, 0) is 71.1 Å². The van der Waals surface area contributed by atoms with Crippen molar-refractivity contribution in [2.75, 3.05) is 20.8 Å². The number of nitrogens with one attached hydrogen (secondary N) is 1. The van der Waals surface area contributed by atoms with Gasteiger partial charge in [-0.25, -0.2) is 0 Å². The number of carbonyl (C=O) groups is 1. The van der Waals surface area contributed by atoms with Gasteiger partial charge in [0.25, 0.3) is 5.91 Å². The van der Waals surface area contributed by atoms with Gasteiger partial charge in [0, 0.05) is 29.0 Å². The zero-order valence-corrected chi connectivity index (χ0v) is 18.7. The number of carbonyl (C=O) groups excluding carboxylic acids is 1. The van der Waals surface area contributed by atoms with E-state index in [-0.39, 0.29) is 5.91 Å². The number of ether oxygens (including phenoxy) is 2. The van der Waals surface area contributed by atoms with Gasteiger partial charge in [-0.3, -0.25) is 4.79 Å². The summed E-state index contributed by atoms with van der Waals surface area (Å²) in [6.45, 7) is 1.20. The maximum absolute atomic E-state index is 13.3. The summed E-state index contributed by atoms with van der Waals surface area (Å²) in [7, 11) is 3.26. The number of benzene rings is 3. The van der Waals surface area contributed by atoms with Crippen LogP contribution in [0.3, 0.4) is 0 Å². The van der Waals surface area contributed by atoms with E-state index in [0.717, 1.165) is 39.8 Å². The van der Waals surface area contributed by atoms with Crippen LogP contribution in [0.4, 0.5) is 0 Å². The summed E-state index contributed by atoms with van der Waals surface area (Å²) in [5, 5.41) is 1.72. The van der Waals surface area contributed by atoms with Crippen molar-refractivity contribution in [2.45, 2.75) is 13.0 Å². The van der Waals surface area contributed by atoms with E-state index in [0.29, 0.717) is 29.6 Å². The van der Waals surface area contributed by atoms with Gasteiger partial charge in [-0.1, -0.05) is 29.8 Å². The molecule has 0 bridgehead atoms. The van der Waals surface area contributed by atoms with Gasteiger partial charge in [0.1, 0.15) is 5.69 Å². The average molecular weight is 447 g/mol. The van der Waals surface area contributed by atoms with Gasteiger partial charge in [-0.2, -0.15) is 0 Å². The minimum atomic E-state index is -0.00493. The quantitative estimate of drug-likeness (QED) is 0.437. The molecule has 0 spiro atoms. The second kappa shape index (κ2) is 8.24. The minimum Gasteiger partial charge on any atom is -0.493 e. The van der Waals surface area contributed by atoms with E-state index >= 15 is 0 Å². The Hall–Kier alpha value is -3.44. The Bertz CT molecular complexity index is 1310. The molecular formula is C26H23ClN2O3. The van der Waals surface area contributed by atoms with Crippen molar-refractivity contribution >= 4 is 28.4 Å². The molecule has 5 rings (SSSR count). The van der Waals surface area contributed by atoms with Crippen molar-refractivity contribution in [3.63, 3.8) is 0 Å². The van der Waals surface area contributed by atoms with E-state index in [2.05, 4.69) is 11.1 Å². The molecule has 0 saturated carbocycles. The Morgan fingerprint density at radius 2 is 1.59 bits per heavy atom. The molecule has 0 saturated heterocycles. The molecule has 0 fully saturated rings. The van der Waals surface area contributed by atoms with Gasteiger partial charge in [-0.15, -0.1) is 0 Å². The van der Waals surface area contributed by atoms with Crippen LogP contribution in [0.25, 0.3) is 22.0 Å². The van der Waals surface area contributed by atoms with Crippen LogP contribution < -0.4 is 9.47 Å². The normalized spacial score (nSPS) is 13.2. The fourth-order valence-corrected chi connectivity index (χ4v) is 4.42. The van der Waals surface area contributed by atoms with Gasteiger partial charge < -0.3 is 19.4 Å². The third-order valence-corrected chi connectivity index (χ3v) is 6.29. The molecule has 0 atom stereocenters. The Morgan fingerprint density at radius 3 is 2.31 bits per heavy atom. The Kier molecular flexibility index (Phi) is 5.27. The van der Waals surface area contributed by atoms with E-state index in [4.69, 9.17) is 21.1 Å². The number of halogens is 1. The standard InChI is InChI=1S/C26H23ClN2O3/c1-31-24-13-18-9-10-29(15-20(18)14-25(24)32-2)26(30)23-12-19-11-17(5-8-22(19)28-23)16-3-6-21(27)7-4-16/h3-8,11-14,28H,9-10,15H2,1-2H3. The number of methoxy groups -OCH3 is 2. The number of nitrogens with zero attached hydrogens (tertiary/aromatic N) is 1. The van der Waals surface area contributed by atoms with Crippen molar-refractivity contribution in [2.24, 2.45) is 0 Å². The largest absolute Gasteiger partial charge is 0.493 e. The molecule has 6 heteroatoms. The van der Waals surface area contributed by atoms with Crippen LogP contribution in [0.2, 0.25) is 5.02 Å². The molecule has 32 heavy (non-hydrogen) atoms. The molecule has 4 aromatic rings. The van der Waals surface area contributed by atoms with Gasteiger partial charge >= 0.3 is 0 Å². The molecule has 5 nitrogen and oxygen atoms in total. The average Bonchev–Trinajstić information content (AvgIpc) is 3.26. The first-order valence-corrected chi connectivity index (χ1v) is 10.9. The SMILES string of the molecule is COc1cc2c(cc1OC)CN(C(=O)c1cc3cc(-c4ccc(Cl)cc4)ccc3[nH]1)CC2. The third kappa shape index (κ3) is 3.69. The van der Waals surface area contributed by atoms with Crippen molar-refractivity contribution in [3.8, 4) is 22.6 Å². The number of fused-ring (bicyclic) bond motifs is 2. The fraction of sp³-hybridized carbons (Fsp3) is 0.192. The van der Waals surface area contributed by atoms with Crippen LogP contribution in [-0.4, -0.2) is 36.6 Å². The number of H-pyrrole nitrogens is 1. The zero-order valence-electron chi connectivity index (χ0n) is 17.9. The summed E-state index contributed by atoms with van der Waals surface area (Å²) >= 11 is 6.01. The highest BCUT2D eigenvalue weighted by Gasteiger charge is 2.24. The summed E-state index contributed by atoms with van der Waals surface area (Å²) in [5.74, 6) is 1.40. The molecule has 1 aliphatic rings. The first kappa shape index (κ1) is 20.5. The second-order valence-electron chi connectivity index (χ2n) is 7.94. The van der Waals surface area contributed by atoms with Gasteiger partial charge in [0.2, 0.25) is 0 Å². The van der Waals surface area contributed by atoms with Crippen molar-refractivity contribution in [1.29, 1.82) is 0 Å². The number of hydrogen-bond acceptors (Lipinski definition) is 3. The van der Waals surface area contributed by atoms with Gasteiger partial charge in [0.05, 0.1) is 14.2 Å². The lowest BCUT2D eigenvalue weighted by atomic mass is 9.98. The van der Waals surface area contributed by atoms with Gasteiger partial charge in [0.15, 0.2) is 11.5 Å². The molecule has 1 aromatic heterocycles. The molecule has 1 aliphatic heterocycles. The lowest BCUT2D eigenvalue weighted by Gasteiger charge is -2.29. The topological polar surface area (TPSA) is 54.6 Å². The van der Waals surface area contributed by atoms with Crippen molar-refractivity contribution < 1.29 is 14.3 Å².